The van der Waals surface area contributed by atoms with Crippen LogP contribution in [0.15, 0.2) is 15.7 Å². The number of rotatable bonds is 3. The van der Waals surface area contributed by atoms with E-state index >= 15 is 0 Å². The van der Waals surface area contributed by atoms with Gasteiger partial charge in [0.2, 0.25) is 0 Å². The van der Waals surface area contributed by atoms with Crippen LogP contribution in [0.3, 0.4) is 0 Å². The summed E-state index contributed by atoms with van der Waals surface area (Å²) in [5.74, 6) is 0.644. The van der Waals surface area contributed by atoms with Gasteiger partial charge < -0.3 is 4.90 Å². The fourth-order valence-electron chi connectivity index (χ4n) is 3.22. The van der Waals surface area contributed by atoms with Crippen molar-refractivity contribution in [2.75, 3.05) is 44.2 Å². The summed E-state index contributed by atoms with van der Waals surface area (Å²) in [6.45, 7) is 10.7. The Balaban J connectivity index is 1.57. The van der Waals surface area contributed by atoms with E-state index in [2.05, 4.69) is 33.5 Å². The molecule has 3 heterocycles. The van der Waals surface area contributed by atoms with Gasteiger partial charge in [0.05, 0.1) is 0 Å². The highest BCUT2D eigenvalue weighted by atomic mass is 16.2. The van der Waals surface area contributed by atoms with Crippen LogP contribution in [-0.2, 0) is 7.05 Å². The van der Waals surface area contributed by atoms with Crippen molar-refractivity contribution in [3.63, 3.8) is 0 Å². The number of piperazine rings is 1. The van der Waals surface area contributed by atoms with Crippen molar-refractivity contribution in [2.24, 2.45) is 7.05 Å². The van der Waals surface area contributed by atoms with Crippen molar-refractivity contribution in [2.45, 2.75) is 25.9 Å². The topological polar surface area (TPSA) is 64.6 Å². The van der Waals surface area contributed by atoms with Crippen LogP contribution in [0, 0.1) is 0 Å². The van der Waals surface area contributed by atoms with Gasteiger partial charge in [0.15, 0.2) is 0 Å². The van der Waals surface area contributed by atoms with Gasteiger partial charge in [-0.3, -0.25) is 24.1 Å². The lowest BCUT2D eigenvalue weighted by molar-refractivity contribution is 0.0676. The Morgan fingerprint density at radius 1 is 1.14 bits per heavy atom. The van der Waals surface area contributed by atoms with Gasteiger partial charge in [0.1, 0.15) is 5.82 Å². The zero-order valence-electron chi connectivity index (χ0n) is 13.6. The zero-order chi connectivity index (χ0) is 15.9. The smallest absolute Gasteiger partial charge is 0.329 e. The number of nitrogens with zero attached hydrogens (tertiary/aromatic N) is 4. The molecule has 0 aliphatic carbocycles. The van der Waals surface area contributed by atoms with E-state index < -0.39 is 0 Å². The highest BCUT2D eigenvalue weighted by Gasteiger charge is 2.34. The SMILES string of the molecule is CC(C)N1CCN(C2CN(c3cc(=O)n(C)c(=O)[nH]3)C2)CC1. The second-order valence-corrected chi connectivity index (χ2v) is 6.58. The quantitative estimate of drug-likeness (QED) is 0.799. The third-order valence-corrected chi connectivity index (χ3v) is 4.93. The first-order valence-electron chi connectivity index (χ1n) is 7.99. The number of aromatic amines is 1. The van der Waals surface area contributed by atoms with Crippen LogP contribution in [0.1, 0.15) is 13.8 Å². The lowest BCUT2D eigenvalue weighted by Gasteiger charge is -2.49. The molecular weight excluding hydrogens is 282 g/mol. The molecule has 0 spiro atoms. The number of H-pyrrole nitrogens is 1. The summed E-state index contributed by atoms with van der Waals surface area (Å²) in [7, 11) is 1.48. The predicted octanol–water partition coefficient (Wildman–Crippen LogP) is -0.712. The summed E-state index contributed by atoms with van der Waals surface area (Å²) in [4.78, 5) is 33.2. The maximum atomic E-state index is 11.7. The molecule has 0 atom stereocenters. The highest BCUT2D eigenvalue weighted by Crippen LogP contribution is 2.21. The van der Waals surface area contributed by atoms with Crippen molar-refractivity contribution in [1.29, 1.82) is 0 Å². The normalized spacial score (nSPS) is 21.4. The van der Waals surface area contributed by atoms with Gasteiger partial charge in [-0.15, -0.1) is 0 Å². The molecule has 3 rings (SSSR count). The maximum absolute atomic E-state index is 11.7. The molecule has 1 aromatic heterocycles. The molecule has 0 amide bonds. The molecule has 0 radical (unpaired) electrons. The average molecular weight is 307 g/mol. The van der Waals surface area contributed by atoms with Crippen molar-refractivity contribution in [3.05, 3.63) is 26.9 Å². The number of nitrogens with one attached hydrogen (secondary N) is 1. The summed E-state index contributed by atoms with van der Waals surface area (Å²) >= 11 is 0. The van der Waals surface area contributed by atoms with Gasteiger partial charge in [-0.25, -0.2) is 4.79 Å². The third-order valence-electron chi connectivity index (χ3n) is 4.93. The Kier molecular flexibility index (Phi) is 4.10. The van der Waals surface area contributed by atoms with Crippen LogP contribution >= 0.6 is 0 Å². The van der Waals surface area contributed by atoms with Crippen LogP contribution in [0.5, 0.6) is 0 Å². The second kappa shape index (κ2) is 5.89. The second-order valence-electron chi connectivity index (χ2n) is 6.58. The molecule has 7 nitrogen and oxygen atoms in total. The van der Waals surface area contributed by atoms with Gasteiger partial charge in [0.25, 0.3) is 5.56 Å². The zero-order valence-corrected chi connectivity index (χ0v) is 13.6. The molecule has 0 aromatic carbocycles. The Bertz CT molecular complexity index is 605. The molecule has 1 aromatic rings. The van der Waals surface area contributed by atoms with Crippen molar-refractivity contribution >= 4 is 5.82 Å². The average Bonchev–Trinajstić information content (AvgIpc) is 2.43. The first kappa shape index (κ1) is 15.3. The van der Waals surface area contributed by atoms with E-state index in [0.717, 1.165) is 43.8 Å². The molecule has 0 bridgehead atoms. The molecule has 2 saturated heterocycles. The van der Waals surface area contributed by atoms with E-state index in [1.165, 1.54) is 13.1 Å². The molecule has 0 saturated carbocycles. The van der Waals surface area contributed by atoms with Gasteiger partial charge in [-0.1, -0.05) is 0 Å². The molecule has 2 fully saturated rings. The van der Waals surface area contributed by atoms with Crippen LogP contribution in [0.4, 0.5) is 5.82 Å². The minimum Gasteiger partial charge on any atom is -0.355 e. The summed E-state index contributed by atoms with van der Waals surface area (Å²) in [5, 5.41) is 0. The molecule has 122 valence electrons. The molecule has 2 aliphatic heterocycles. The monoisotopic (exact) mass is 307 g/mol. The van der Waals surface area contributed by atoms with E-state index in [1.807, 2.05) is 0 Å². The Labute approximate surface area is 130 Å². The minimum atomic E-state index is -0.350. The number of anilines is 1. The maximum Gasteiger partial charge on any atom is 0.329 e. The van der Waals surface area contributed by atoms with Crippen molar-refractivity contribution in [3.8, 4) is 0 Å². The van der Waals surface area contributed by atoms with Gasteiger partial charge in [0, 0.05) is 64.5 Å². The largest absolute Gasteiger partial charge is 0.355 e. The summed E-state index contributed by atoms with van der Waals surface area (Å²) in [6, 6.07) is 2.65. The lowest BCUT2D eigenvalue weighted by atomic mass is 10.1. The van der Waals surface area contributed by atoms with E-state index in [-0.39, 0.29) is 11.2 Å². The standard InChI is InChI=1S/C15H25N5O2/c1-11(2)18-4-6-19(7-5-18)12-9-20(10-12)13-8-14(21)17(3)15(22)16-13/h8,11-12H,4-7,9-10H2,1-3H3,(H,16,22). The van der Waals surface area contributed by atoms with Crippen LogP contribution in [0.25, 0.3) is 0 Å². The van der Waals surface area contributed by atoms with E-state index in [1.54, 1.807) is 0 Å². The number of aromatic nitrogens is 2. The molecule has 0 unspecified atom stereocenters. The summed E-state index contributed by atoms with van der Waals surface area (Å²) in [6.07, 6.45) is 0. The van der Waals surface area contributed by atoms with Crippen LogP contribution < -0.4 is 16.1 Å². The highest BCUT2D eigenvalue weighted by molar-refractivity contribution is 5.41. The Morgan fingerprint density at radius 2 is 1.77 bits per heavy atom. The summed E-state index contributed by atoms with van der Waals surface area (Å²) < 4.78 is 1.09. The first-order valence-corrected chi connectivity index (χ1v) is 7.99. The fourth-order valence-corrected chi connectivity index (χ4v) is 3.22. The van der Waals surface area contributed by atoms with Crippen LogP contribution in [0.2, 0.25) is 0 Å². The van der Waals surface area contributed by atoms with Gasteiger partial charge in [-0.05, 0) is 13.8 Å². The molecular formula is C15H25N5O2. The first-order chi connectivity index (χ1) is 10.5. The lowest BCUT2D eigenvalue weighted by Crippen LogP contribution is -2.64. The van der Waals surface area contributed by atoms with Gasteiger partial charge >= 0.3 is 5.69 Å². The molecule has 1 N–H and O–H groups in total. The Morgan fingerprint density at radius 3 is 2.32 bits per heavy atom. The van der Waals surface area contributed by atoms with Gasteiger partial charge in [-0.2, -0.15) is 0 Å². The molecule has 2 aliphatic rings. The number of hydrogen-bond donors (Lipinski definition) is 1. The van der Waals surface area contributed by atoms with E-state index in [9.17, 15) is 9.59 Å². The third kappa shape index (κ3) is 2.83. The van der Waals surface area contributed by atoms with E-state index in [4.69, 9.17) is 0 Å². The number of hydrogen-bond acceptors (Lipinski definition) is 5. The molecule has 22 heavy (non-hydrogen) atoms. The Hall–Kier alpha value is -1.60. The fraction of sp³-hybridized carbons (Fsp3) is 0.733. The molecule has 7 heteroatoms. The predicted molar refractivity (Wildman–Crippen MR) is 86.6 cm³/mol. The summed E-state index contributed by atoms with van der Waals surface area (Å²) in [5.41, 5.74) is -0.607. The van der Waals surface area contributed by atoms with Crippen LogP contribution in [-0.4, -0.2) is 70.7 Å². The van der Waals surface area contributed by atoms with Crippen molar-refractivity contribution < 1.29 is 0 Å². The van der Waals surface area contributed by atoms with E-state index in [0.29, 0.717) is 17.9 Å². The minimum absolute atomic E-state index is 0.257. The van der Waals surface area contributed by atoms with Crippen molar-refractivity contribution in [1.82, 2.24) is 19.4 Å².